The van der Waals surface area contributed by atoms with Crippen molar-refractivity contribution in [1.29, 1.82) is 0 Å². The van der Waals surface area contributed by atoms with Gasteiger partial charge in [-0.15, -0.1) is 16.4 Å². The summed E-state index contributed by atoms with van der Waals surface area (Å²) in [5.74, 6) is -1.19. The molecule has 5 rings (SSSR count). The average Bonchev–Trinajstić information content (AvgIpc) is 3.50. The van der Waals surface area contributed by atoms with E-state index in [1.165, 1.54) is 34.2 Å². The number of carbonyl (C=O) groups excluding carboxylic acids is 2. The van der Waals surface area contributed by atoms with Crippen molar-refractivity contribution in [3.63, 3.8) is 0 Å². The Labute approximate surface area is 210 Å². The Morgan fingerprint density at radius 3 is 2.86 bits per heavy atom. The Morgan fingerprint density at radius 2 is 2.17 bits per heavy atom. The summed E-state index contributed by atoms with van der Waals surface area (Å²) in [6, 6.07) is 7.98. The minimum atomic E-state index is -0.639. The number of thiophene rings is 1. The van der Waals surface area contributed by atoms with Crippen molar-refractivity contribution in [1.82, 2.24) is 25.3 Å². The number of halogens is 1. The van der Waals surface area contributed by atoms with Gasteiger partial charge in [-0.1, -0.05) is 11.3 Å². The molecule has 4 aromatic rings. The van der Waals surface area contributed by atoms with Crippen LogP contribution in [0, 0.1) is 5.82 Å². The van der Waals surface area contributed by atoms with Gasteiger partial charge in [0.1, 0.15) is 17.3 Å². The monoisotopic (exact) mass is 505 g/mol. The molecule has 36 heavy (non-hydrogen) atoms. The first kappa shape index (κ1) is 23.8. The normalized spacial score (nSPS) is 16.0. The number of pyridine rings is 1. The number of nitrogens with zero attached hydrogens (tertiary/aromatic N) is 5. The number of anilines is 1. The maximum absolute atomic E-state index is 15.3. The second-order valence-electron chi connectivity index (χ2n) is 8.58. The third-order valence-electron chi connectivity index (χ3n) is 6.04. The number of fused-ring (bicyclic) bond motifs is 1. The number of amides is 2. The van der Waals surface area contributed by atoms with Crippen molar-refractivity contribution in [2.75, 3.05) is 18.0 Å². The molecule has 0 unspecified atom stereocenters. The topological polar surface area (TPSA) is 119 Å². The number of hydrogen-bond donors (Lipinski definition) is 2. The van der Waals surface area contributed by atoms with E-state index >= 15 is 4.39 Å². The van der Waals surface area contributed by atoms with Crippen molar-refractivity contribution in [2.45, 2.75) is 18.9 Å². The molecule has 3 aromatic heterocycles. The summed E-state index contributed by atoms with van der Waals surface area (Å²) in [6.45, 7) is 1.43. The first-order valence-corrected chi connectivity index (χ1v) is 12.3. The molecule has 0 saturated carbocycles. The Balaban J connectivity index is 1.57. The van der Waals surface area contributed by atoms with E-state index in [2.05, 4.69) is 20.6 Å². The molecule has 1 atom stereocenters. The number of primary amides is 1. The zero-order valence-electron chi connectivity index (χ0n) is 19.5. The number of benzene rings is 1. The Morgan fingerprint density at radius 1 is 1.31 bits per heavy atom. The summed E-state index contributed by atoms with van der Waals surface area (Å²) in [4.78, 5) is 32.0. The van der Waals surface area contributed by atoms with Gasteiger partial charge in [0.05, 0.1) is 17.8 Å². The highest BCUT2D eigenvalue weighted by Gasteiger charge is 2.31. The van der Waals surface area contributed by atoms with E-state index in [-0.39, 0.29) is 11.6 Å². The number of hydrogen-bond acceptors (Lipinski definition) is 7. The van der Waals surface area contributed by atoms with Crippen LogP contribution in [0.2, 0.25) is 0 Å². The van der Waals surface area contributed by atoms with Crippen LogP contribution in [0.15, 0.2) is 48.8 Å². The molecule has 2 amide bonds. The molecular weight excluding hydrogens is 481 g/mol. The zero-order chi connectivity index (χ0) is 25.2. The number of aromatic nitrogens is 4. The van der Waals surface area contributed by atoms with Crippen molar-refractivity contribution in [2.24, 2.45) is 12.8 Å². The summed E-state index contributed by atoms with van der Waals surface area (Å²) in [5, 5.41) is 12.0. The molecule has 0 aliphatic carbocycles. The molecule has 1 saturated heterocycles. The summed E-state index contributed by atoms with van der Waals surface area (Å²) >= 11 is 1.45. The number of carbonyl (C=O) groups is 2. The van der Waals surface area contributed by atoms with E-state index in [1.807, 2.05) is 12.1 Å². The maximum atomic E-state index is 15.3. The lowest BCUT2D eigenvalue weighted by atomic mass is 10.0. The molecule has 184 valence electrons. The summed E-state index contributed by atoms with van der Waals surface area (Å²) < 4.78 is 17.8. The molecule has 1 fully saturated rings. The van der Waals surface area contributed by atoms with E-state index in [0.29, 0.717) is 23.6 Å². The molecule has 1 aromatic carbocycles. The summed E-state index contributed by atoms with van der Waals surface area (Å²) in [6.07, 6.45) is 7.89. The Kier molecular flexibility index (Phi) is 6.57. The third kappa shape index (κ3) is 4.75. The second kappa shape index (κ2) is 9.96. The minimum absolute atomic E-state index is 0.0453. The van der Waals surface area contributed by atoms with E-state index in [0.717, 1.165) is 34.3 Å². The molecule has 4 heterocycles. The molecule has 3 N–H and O–H groups in total. The van der Waals surface area contributed by atoms with Gasteiger partial charge in [-0.05, 0) is 49.7 Å². The SMILES string of the molecule is Cn1cc(-c2ccc(C(=O)N(c3nccc4sc(/C=C/C(N)=O)cc34)[C@@H]3CCCNC3)c(F)c2)nn1. The fourth-order valence-electron chi connectivity index (χ4n) is 4.35. The lowest BCUT2D eigenvalue weighted by Gasteiger charge is -2.34. The number of nitrogens with two attached hydrogens (primary N) is 1. The standard InChI is InChI=1S/C25H24FN7O2S/c1-32-14-21(30-31-32)15-4-6-18(20(26)11-15)25(35)33(16-3-2-9-28-13-16)24-19-12-17(5-7-23(27)34)36-22(19)8-10-29-24/h4-8,10-12,14,16,28H,2-3,9,13H2,1H3,(H2,27,34)/b7-5+/t16-/m1/s1. The van der Waals surface area contributed by atoms with Gasteiger partial charge in [0, 0.05) is 46.4 Å². The minimum Gasteiger partial charge on any atom is -0.366 e. The predicted molar refractivity (Wildman–Crippen MR) is 137 cm³/mol. The highest BCUT2D eigenvalue weighted by molar-refractivity contribution is 7.20. The molecule has 0 spiro atoms. The lowest BCUT2D eigenvalue weighted by Crippen LogP contribution is -2.49. The van der Waals surface area contributed by atoms with Crippen LogP contribution < -0.4 is 16.0 Å². The van der Waals surface area contributed by atoms with Gasteiger partial charge in [0.15, 0.2) is 0 Å². The quantitative estimate of drug-likeness (QED) is 0.389. The van der Waals surface area contributed by atoms with Gasteiger partial charge >= 0.3 is 0 Å². The zero-order valence-corrected chi connectivity index (χ0v) is 20.3. The first-order valence-electron chi connectivity index (χ1n) is 11.5. The predicted octanol–water partition coefficient (Wildman–Crippen LogP) is 3.13. The average molecular weight is 506 g/mol. The molecule has 11 heteroatoms. The third-order valence-corrected chi connectivity index (χ3v) is 7.10. The van der Waals surface area contributed by atoms with Crippen LogP contribution in [0.3, 0.4) is 0 Å². The fraction of sp³-hybridized carbons (Fsp3) is 0.240. The summed E-state index contributed by atoms with van der Waals surface area (Å²) in [7, 11) is 1.73. The van der Waals surface area contributed by atoms with Gasteiger partial charge in [-0.25, -0.2) is 9.37 Å². The van der Waals surface area contributed by atoms with E-state index in [9.17, 15) is 9.59 Å². The summed E-state index contributed by atoms with van der Waals surface area (Å²) in [5.41, 5.74) is 6.25. The van der Waals surface area contributed by atoms with Gasteiger partial charge in [0.25, 0.3) is 5.91 Å². The Bertz CT molecular complexity index is 1470. The number of nitrogens with one attached hydrogen (secondary N) is 1. The van der Waals surface area contributed by atoms with E-state index in [1.54, 1.807) is 36.5 Å². The molecular formula is C25H24FN7O2S. The van der Waals surface area contributed by atoms with Gasteiger partial charge in [-0.3, -0.25) is 19.2 Å². The van der Waals surface area contributed by atoms with Crippen molar-refractivity contribution in [3.8, 4) is 11.3 Å². The van der Waals surface area contributed by atoms with Gasteiger partial charge in [0.2, 0.25) is 5.91 Å². The van der Waals surface area contributed by atoms with Crippen LogP contribution in [-0.4, -0.2) is 50.9 Å². The Hall–Kier alpha value is -3.96. The molecule has 1 aliphatic heterocycles. The fourth-order valence-corrected chi connectivity index (χ4v) is 5.31. The maximum Gasteiger partial charge on any atom is 0.262 e. The van der Waals surface area contributed by atoms with Gasteiger partial charge in [-0.2, -0.15) is 0 Å². The highest BCUT2D eigenvalue weighted by atomic mass is 32.1. The molecule has 9 nitrogen and oxygen atoms in total. The number of aryl methyl sites for hydroxylation is 1. The molecule has 0 radical (unpaired) electrons. The molecule has 1 aliphatic rings. The first-order chi connectivity index (χ1) is 17.4. The molecule has 0 bridgehead atoms. The highest BCUT2D eigenvalue weighted by Crippen LogP contribution is 2.35. The van der Waals surface area contributed by atoms with Crippen molar-refractivity contribution >= 4 is 45.1 Å². The smallest absolute Gasteiger partial charge is 0.262 e. The van der Waals surface area contributed by atoms with Crippen molar-refractivity contribution < 1.29 is 14.0 Å². The van der Waals surface area contributed by atoms with Gasteiger partial charge < -0.3 is 11.1 Å². The largest absolute Gasteiger partial charge is 0.366 e. The van der Waals surface area contributed by atoms with Crippen LogP contribution in [0.5, 0.6) is 0 Å². The number of rotatable bonds is 6. The van der Waals surface area contributed by atoms with Crippen LogP contribution in [0.1, 0.15) is 28.1 Å². The van der Waals surface area contributed by atoms with Crippen LogP contribution in [-0.2, 0) is 11.8 Å². The number of piperidine rings is 1. The van der Waals surface area contributed by atoms with E-state index in [4.69, 9.17) is 5.73 Å². The van der Waals surface area contributed by atoms with Crippen LogP contribution in [0.25, 0.3) is 27.4 Å². The lowest BCUT2D eigenvalue weighted by molar-refractivity contribution is -0.113. The van der Waals surface area contributed by atoms with E-state index < -0.39 is 17.6 Å². The van der Waals surface area contributed by atoms with Crippen LogP contribution in [0.4, 0.5) is 10.2 Å². The second-order valence-corrected chi connectivity index (χ2v) is 9.69. The van der Waals surface area contributed by atoms with Crippen LogP contribution >= 0.6 is 11.3 Å². The van der Waals surface area contributed by atoms with Crippen molar-refractivity contribution in [3.05, 3.63) is 65.1 Å².